The molecule has 130 valence electrons. The number of ether oxygens (including phenoxy) is 1. The Morgan fingerprint density at radius 1 is 1.04 bits per heavy atom. The van der Waals surface area contributed by atoms with Gasteiger partial charge in [0.1, 0.15) is 0 Å². The number of esters is 1. The van der Waals surface area contributed by atoms with Gasteiger partial charge in [0.25, 0.3) is 5.91 Å². The summed E-state index contributed by atoms with van der Waals surface area (Å²) in [7, 11) is 0. The van der Waals surface area contributed by atoms with Crippen LogP contribution in [0, 0.1) is 3.57 Å². The summed E-state index contributed by atoms with van der Waals surface area (Å²) in [6.07, 6.45) is 0.261. The van der Waals surface area contributed by atoms with Gasteiger partial charge in [0.2, 0.25) is 5.91 Å². The molecule has 0 unspecified atom stereocenters. The van der Waals surface area contributed by atoms with Gasteiger partial charge in [-0.25, -0.2) is 0 Å². The van der Waals surface area contributed by atoms with E-state index in [-0.39, 0.29) is 30.6 Å². The Bertz CT molecular complexity index is 612. The molecule has 1 saturated heterocycles. The van der Waals surface area contributed by atoms with E-state index >= 15 is 0 Å². The summed E-state index contributed by atoms with van der Waals surface area (Å²) in [5, 5.41) is 0. The highest BCUT2D eigenvalue weighted by Crippen LogP contribution is 2.15. The quantitative estimate of drug-likeness (QED) is 0.514. The van der Waals surface area contributed by atoms with Crippen molar-refractivity contribution in [1.82, 2.24) is 9.80 Å². The molecule has 1 aromatic carbocycles. The molecule has 1 aromatic rings. The predicted octanol–water partition coefficient (Wildman–Crippen LogP) is 1.92. The Labute approximate surface area is 155 Å². The highest BCUT2D eigenvalue weighted by molar-refractivity contribution is 14.1. The first kappa shape index (κ1) is 18.7. The van der Waals surface area contributed by atoms with Gasteiger partial charge in [0, 0.05) is 36.2 Å². The molecule has 7 heteroatoms. The number of hydrogen-bond donors (Lipinski definition) is 0. The van der Waals surface area contributed by atoms with Crippen LogP contribution >= 0.6 is 22.6 Å². The van der Waals surface area contributed by atoms with Gasteiger partial charge in [-0.2, -0.15) is 0 Å². The fourth-order valence-corrected chi connectivity index (χ4v) is 3.18. The fraction of sp³-hybridized carbons (Fsp3) is 0.471. The van der Waals surface area contributed by atoms with Crippen molar-refractivity contribution in [2.75, 3.05) is 32.8 Å². The third-order valence-corrected chi connectivity index (χ3v) is 4.81. The molecule has 0 aromatic heterocycles. The normalized spacial score (nSPS) is 14.4. The maximum absolute atomic E-state index is 12.5. The molecule has 2 rings (SSSR count). The van der Waals surface area contributed by atoms with Gasteiger partial charge >= 0.3 is 5.97 Å². The van der Waals surface area contributed by atoms with Crippen LogP contribution in [-0.2, 0) is 14.3 Å². The van der Waals surface area contributed by atoms with Crippen LogP contribution in [-0.4, -0.2) is 60.4 Å². The largest absolute Gasteiger partial charge is 0.466 e. The first-order chi connectivity index (χ1) is 11.5. The Hall–Kier alpha value is -1.64. The summed E-state index contributed by atoms with van der Waals surface area (Å²) in [4.78, 5) is 39.5. The van der Waals surface area contributed by atoms with Crippen LogP contribution in [0.5, 0.6) is 0 Å². The Balaban J connectivity index is 1.83. The summed E-state index contributed by atoms with van der Waals surface area (Å²) in [6, 6.07) is 7.48. The Morgan fingerprint density at radius 3 is 2.29 bits per heavy atom. The standard InChI is InChI=1S/C17H21IN2O4/c1-2-24-16(22)8-7-15(21)19-9-11-20(12-10-19)17(23)13-5-3-4-6-14(13)18/h3-6H,2,7-12H2,1H3. The number of rotatable bonds is 5. The molecule has 1 fully saturated rings. The zero-order chi connectivity index (χ0) is 17.5. The number of carbonyl (C=O) groups excluding carboxylic acids is 3. The Kier molecular flexibility index (Phi) is 7.01. The molecule has 2 amide bonds. The molecule has 0 spiro atoms. The van der Waals surface area contributed by atoms with Crippen molar-refractivity contribution in [3.05, 3.63) is 33.4 Å². The van der Waals surface area contributed by atoms with Crippen LogP contribution in [0.1, 0.15) is 30.1 Å². The molecule has 1 heterocycles. The van der Waals surface area contributed by atoms with Gasteiger partial charge in [0.05, 0.1) is 18.6 Å². The molecular weight excluding hydrogens is 423 g/mol. The van der Waals surface area contributed by atoms with Crippen LogP contribution in [0.3, 0.4) is 0 Å². The van der Waals surface area contributed by atoms with Crippen molar-refractivity contribution in [3.8, 4) is 0 Å². The minimum absolute atomic E-state index is 0.00128. The molecule has 0 N–H and O–H groups in total. The molecule has 0 atom stereocenters. The molecule has 24 heavy (non-hydrogen) atoms. The predicted molar refractivity (Wildman–Crippen MR) is 97.5 cm³/mol. The fourth-order valence-electron chi connectivity index (χ4n) is 2.56. The van der Waals surface area contributed by atoms with E-state index in [9.17, 15) is 14.4 Å². The first-order valence-electron chi connectivity index (χ1n) is 8.00. The summed E-state index contributed by atoms with van der Waals surface area (Å²) < 4.78 is 5.75. The van der Waals surface area contributed by atoms with Crippen LogP contribution in [0.2, 0.25) is 0 Å². The molecule has 6 nitrogen and oxygen atoms in total. The summed E-state index contributed by atoms with van der Waals surface area (Å²) >= 11 is 2.15. The third-order valence-electron chi connectivity index (χ3n) is 3.87. The maximum Gasteiger partial charge on any atom is 0.306 e. The van der Waals surface area contributed by atoms with Gasteiger partial charge < -0.3 is 14.5 Å². The van der Waals surface area contributed by atoms with Crippen molar-refractivity contribution >= 4 is 40.4 Å². The van der Waals surface area contributed by atoms with Gasteiger partial charge in [-0.1, -0.05) is 12.1 Å². The van der Waals surface area contributed by atoms with Crippen molar-refractivity contribution in [3.63, 3.8) is 0 Å². The Morgan fingerprint density at radius 2 is 1.67 bits per heavy atom. The van der Waals surface area contributed by atoms with Crippen LogP contribution < -0.4 is 0 Å². The van der Waals surface area contributed by atoms with Crippen molar-refractivity contribution < 1.29 is 19.1 Å². The summed E-state index contributed by atoms with van der Waals surface area (Å²) in [5.74, 6) is -0.415. The average Bonchev–Trinajstić information content (AvgIpc) is 2.60. The van der Waals surface area contributed by atoms with E-state index in [2.05, 4.69) is 22.6 Å². The smallest absolute Gasteiger partial charge is 0.306 e. The number of halogens is 1. The second-order valence-corrected chi connectivity index (χ2v) is 6.62. The van der Waals surface area contributed by atoms with Crippen LogP contribution in [0.15, 0.2) is 24.3 Å². The van der Waals surface area contributed by atoms with Crippen molar-refractivity contribution in [2.45, 2.75) is 19.8 Å². The molecule has 0 bridgehead atoms. The minimum Gasteiger partial charge on any atom is -0.466 e. The van der Waals surface area contributed by atoms with E-state index < -0.39 is 0 Å². The van der Waals surface area contributed by atoms with E-state index in [0.29, 0.717) is 38.3 Å². The van der Waals surface area contributed by atoms with Crippen molar-refractivity contribution in [2.24, 2.45) is 0 Å². The lowest BCUT2D eigenvalue weighted by Crippen LogP contribution is -2.50. The summed E-state index contributed by atoms with van der Waals surface area (Å²) in [5.41, 5.74) is 0.695. The zero-order valence-corrected chi connectivity index (χ0v) is 15.8. The van der Waals surface area contributed by atoms with Gasteiger partial charge in [-0.3, -0.25) is 14.4 Å². The van der Waals surface area contributed by atoms with Crippen LogP contribution in [0.4, 0.5) is 0 Å². The number of hydrogen-bond acceptors (Lipinski definition) is 4. The lowest BCUT2D eigenvalue weighted by Gasteiger charge is -2.35. The van der Waals surface area contributed by atoms with Crippen molar-refractivity contribution in [1.29, 1.82) is 0 Å². The molecular formula is C17H21IN2O4. The van der Waals surface area contributed by atoms with Crippen LogP contribution in [0.25, 0.3) is 0 Å². The monoisotopic (exact) mass is 444 g/mol. The highest BCUT2D eigenvalue weighted by Gasteiger charge is 2.25. The van der Waals surface area contributed by atoms with E-state index in [1.54, 1.807) is 16.7 Å². The SMILES string of the molecule is CCOC(=O)CCC(=O)N1CCN(C(=O)c2ccccc2I)CC1. The zero-order valence-electron chi connectivity index (χ0n) is 13.7. The number of piperazine rings is 1. The number of nitrogens with zero attached hydrogens (tertiary/aromatic N) is 2. The van der Waals surface area contributed by atoms with Gasteiger partial charge in [-0.15, -0.1) is 0 Å². The maximum atomic E-state index is 12.5. The lowest BCUT2D eigenvalue weighted by atomic mass is 10.1. The molecule has 0 radical (unpaired) electrons. The van der Waals surface area contributed by atoms with Gasteiger partial charge in [0.15, 0.2) is 0 Å². The molecule has 1 aliphatic rings. The van der Waals surface area contributed by atoms with E-state index in [4.69, 9.17) is 4.74 Å². The number of amides is 2. The third kappa shape index (κ3) is 4.93. The summed E-state index contributed by atoms with van der Waals surface area (Å²) in [6.45, 7) is 4.08. The molecule has 1 aliphatic heterocycles. The molecule has 0 aliphatic carbocycles. The highest BCUT2D eigenvalue weighted by atomic mass is 127. The topological polar surface area (TPSA) is 66.9 Å². The van der Waals surface area contributed by atoms with Gasteiger partial charge in [-0.05, 0) is 41.6 Å². The average molecular weight is 444 g/mol. The van der Waals surface area contributed by atoms with E-state index in [1.165, 1.54) is 0 Å². The second-order valence-electron chi connectivity index (χ2n) is 5.46. The molecule has 0 saturated carbocycles. The minimum atomic E-state index is -0.349. The lowest BCUT2D eigenvalue weighted by molar-refractivity contribution is -0.146. The first-order valence-corrected chi connectivity index (χ1v) is 9.08. The second kappa shape index (κ2) is 9.00. The number of carbonyl (C=O) groups is 3. The number of benzene rings is 1. The van der Waals surface area contributed by atoms with E-state index in [1.807, 2.05) is 24.3 Å². The van der Waals surface area contributed by atoms with E-state index in [0.717, 1.165) is 3.57 Å².